The number of hydrogen-bond acceptors (Lipinski definition) is 7. The highest BCUT2D eigenvalue weighted by Crippen LogP contribution is 2.32. The lowest BCUT2D eigenvalue weighted by atomic mass is 9.92. The Morgan fingerprint density at radius 1 is 1.12 bits per heavy atom. The second-order valence-electron chi connectivity index (χ2n) is 8.46. The maximum Gasteiger partial charge on any atom is 0.163 e. The third kappa shape index (κ3) is 3.53. The quantitative estimate of drug-likeness (QED) is 0.501. The number of aromatic amines is 1. The summed E-state index contributed by atoms with van der Waals surface area (Å²) in [5.74, 6) is 0.998. The molecule has 2 N–H and O–H groups in total. The fourth-order valence-corrected chi connectivity index (χ4v) is 4.70. The van der Waals surface area contributed by atoms with E-state index in [1.54, 1.807) is 18.5 Å². The van der Waals surface area contributed by atoms with Crippen LogP contribution in [0.1, 0.15) is 16.7 Å². The smallest absolute Gasteiger partial charge is 0.163 e. The van der Waals surface area contributed by atoms with Crippen molar-refractivity contribution in [3.63, 3.8) is 0 Å². The van der Waals surface area contributed by atoms with Crippen LogP contribution in [0.25, 0.3) is 33.7 Å². The standard InChI is InChI=1S/C24H24FN7O/c1-14-17-12-26-5-4-15(17)10-18(25)21(14)24-28-13-19-23(29-24)22(31-30-19)16-2-3-20(27-11-16)32-6-8-33-9-7-32/h2-3,10-11,13,26H,4-9,12H2,1H3,(H,30,31). The van der Waals surface area contributed by atoms with Crippen LogP contribution in [0.5, 0.6) is 0 Å². The molecule has 1 aromatic carbocycles. The Balaban J connectivity index is 1.39. The molecule has 0 radical (unpaired) electrons. The Hall–Kier alpha value is -3.43. The Morgan fingerprint density at radius 3 is 2.82 bits per heavy atom. The highest BCUT2D eigenvalue weighted by Gasteiger charge is 2.22. The van der Waals surface area contributed by atoms with E-state index in [1.165, 1.54) is 0 Å². The van der Waals surface area contributed by atoms with Gasteiger partial charge in [-0.25, -0.2) is 19.3 Å². The first-order valence-electron chi connectivity index (χ1n) is 11.2. The van der Waals surface area contributed by atoms with Gasteiger partial charge in [-0.2, -0.15) is 5.10 Å². The molecular formula is C24H24FN7O. The summed E-state index contributed by atoms with van der Waals surface area (Å²) in [5.41, 5.74) is 6.40. The molecule has 0 unspecified atom stereocenters. The normalized spacial score (nSPS) is 16.2. The number of H-pyrrole nitrogens is 1. The van der Waals surface area contributed by atoms with E-state index in [4.69, 9.17) is 9.72 Å². The van der Waals surface area contributed by atoms with Crippen molar-refractivity contribution < 1.29 is 9.13 Å². The van der Waals surface area contributed by atoms with Gasteiger partial charge in [-0.1, -0.05) is 0 Å². The predicted octanol–water partition coefficient (Wildman–Crippen LogP) is 3.01. The summed E-state index contributed by atoms with van der Waals surface area (Å²) in [5, 5.41) is 10.8. The summed E-state index contributed by atoms with van der Waals surface area (Å²) in [6, 6.07) is 5.62. The van der Waals surface area contributed by atoms with Gasteiger partial charge in [0.05, 0.1) is 25.0 Å². The molecule has 0 saturated carbocycles. The molecule has 2 aliphatic rings. The van der Waals surface area contributed by atoms with Gasteiger partial charge in [0.15, 0.2) is 5.82 Å². The topological polar surface area (TPSA) is 91.9 Å². The van der Waals surface area contributed by atoms with Crippen molar-refractivity contribution in [2.45, 2.75) is 19.9 Å². The summed E-state index contributed by atoms with van der Waals surface area (Å²) in [6.45, 7) is 6.62. The molecular weight excluding hydrogens is 421 g/mol. The molecule has 0 aliphatic carbocycles. The van der Waals surface area contributed by atoms with Crippen LogP contribution >= 0.6 is 0 Å². The van der Waals surface area contributed by atoms with E-state index < -0.39 is 0 Å². The van der Waals surface area contributed by atoms with Crippen LogP contribution in [0, 0.1) is 12.7 Å². The number of benzene rings is 1. The molecule has 1 saturated heterocycles. The van der Waals surface area contributed by atoms with E-state index in [1.807, 2.05) is 19.1 Å². The Morgan fingerprint density at radius 2 is 2.00 bits per heavy atom. The Labute approximate surface area is 190 Å². The number of nitrogens with one attached hydrogen (secondary N) is 2. The van der Waals surface area contributed by atoms with Crippen LogP contribution in [0.2, 0.25) is 0 Å². The minimum Gasteiger partial charge on any atom is -0.378 e. The third-order valence-electron chi connectivity index (χ3n) is 6.51. The van der Waals surface area contributed by atoms with Gasteiger partial charge in [-0.05, 0) is 54.8 Å². The minimum atomic E-state index is -0.283. The zero-order valence-corrected chi connectivity index (χ0v) is 18.4. The summed E-state index contributed by atoms with van der Waals surface area (Å²) in [6.07, 6.45) is 4.30. The van der Waals surface area contributed by atoms with Crippen molar-refractivity contribution in [3.05, 3.63) is 53.1 Å². The monoisotopic (exact) mass is 445 g/mol. The Bertz CT molecular complexity index is 1330. The van der Waals surface area contributed by atoms with Crippen LogP contribution in [-0.4, -0.2) is 58.0 Å². The van der Waals surface area contributed by atoms with E-state index in [0.29, 0.717) is 41.3 Å². The van der Waals surface area contributed by atoms with Gasteiger partial charge in [-0.15, -0.1) is 0 Å². The number of rotatable bonds is 3. The average Bonchev–Trinajstić information content (AvgIpc) is 3.28. The van der Waals surface area contributed by atoms with E-state index in [-0.39, 0.29) is 5.82 Å². The number of ether oxygens (including phenoxy) is 1. The molecule has 3 aromatic heterocycles. The number of aromatic nitrogens is 5. The molecule has 9 heteroatoms. The second kappa shape index (κ2) is 8.17. The summed E-state index contributed by atoms with van der Waals surface area (Å²) < 4.78 is 20.6. The van der Waals surface area contributed by atoms with Crippen LogP contribution in [-0.2, 0) is 17.7 Å². The van der Waals surface area contributed by atoms with Crippen LogP contribution in [0.15, 0.2) is 30.6 Å². The van der Waals surface area contributed by atoms with Gasteiger partial charge in [0.2, 0.25) is 0 Å². The molecule has 0 amide bonds. The van der Waals surface area contributed by atoms with Gasteiger partial charge in [0.1, 0.15) is 28.4 Å². The highest BCUT2D eigenvalue weighted by molar-refractivity contribution is 5.90. The maximum atomic E-state index is 15.1. The summed E-state index contributed by atoms with van der Waals surface area (Å²) in [7, 11) is 0. The van der Waals surface area contributed by atoms with Crippen molar-refractivity contribution >= 4 is 16.9 Å². The first-order chi connectivity index (χ1) is 16.2. The lowest BCUT2D eigenvalue weighted by Crippen LogP contribution is -2.36. The van der Waals surface area contributed by atoms with Crippen molar-refractivity contribution in [1.29, 1.82) is 0 Å². The van der Waals surface area contributed by atoms with Gasteiger partial charge < -0.3 is 15.0 Å². The molecule has 0 spiro atoms. The fourth-order valence-electron chi connectivity index (χ4n) is 4.70. The molecule has 6 rings (SSSR count). The second-order valence-corrected chi connectivity index (χ2v) is 8.46. The van der Waals surface area contributed by atoms with E-state index in [9.17, 15) is 0 Å². The summed E-state index contributed by atoms with van der Waals surface area (Å²) in [4.78, 5) is 16.0. The average molecular weight is 446 g/mol. The predicted molar refractivity (Wildman–Crippen MR) is 123 cm³/mol. The number of fused-ring (bicyclic) bond motifs is 2. The van der Waals surface area contributed by atoms with Crippen LogP contribution < -0.4 is 10.2 Å². The molecule has 0 atom stereocenters. The first kappa shape index (κ1) is 20.2. The largest absolute Gasteiger partial charge is 0.378 e. The number of morpholine rings is 1. The third-order valence-corrected chi connectivity index (χ3v) is 6.51. The minimum absolute atomic E-state index is 0.283. The lowest BCUT2D eigenvalue weighted by Gasteiger charge is -2.27. The number of pyridine rings is 1. The molecule has 0 bridgehead atoms. The fraction of sp³-hybridized carbons (Fsp3) is 0.333. The zero-order chi connectivity index (χ0) is 22.4. The van der Waals surface area contributed by atoms with Gasteiger partial charge >= 0.3 is 0 Å². The van der Waals surface area contributed by atoms with Gasteiger partial charge in [-0.3, -0.25) is 5.10 Å². The van der Waals surface area contributed by atoms with Crippen molar-refractivity contribution in [3.8, 4) is 22.6 Å². The molecule has 4 aromatic rings. The SMILES string of the molecule is Cc1c2c(cc(F)c1-c1ncc3[nH]nc(-c4ccc(N5CCOCC5)nc4)c3n1)CCNC2. The molecule has 33 heavy (non-hydrogen) atoms. The van der Waals surface area contributed by atoms with E-state index in [0.717, 1.165) is 60.7 Å². The number of nitrogens with zero attached hydrogens (tertiary/aromatic N) is 5. The van der Waals surface area contributed by atoms with Gasteiger partial charge in [0, 0.05) is 31.4 Å². The Kier molecular flexibility index (Phi) is 5.00. The van der Waals surface area contributed by atoms with Crippen molar-refractivity contribution in [2.24, 2.45) is 0 Å². The number of hydrogen-bond donors (Lipinski definition) is 2. The highest BCUT2D eigenvalue weighted by atomic mass is 19.1. The summed E-state index contributed by atoms with van der Waals surface area (Å²) >= 11 is 0. The van der Waals surface area contributed by atoms with Gasteiger partial charge in [0.25, 0.3) is 0 Å². The molecule has 2 aliphatic heterocycles. The van der Waals surface area contributed by atoms with Crippen molar-refractivity contribution in [2.75, 3.05) is 37.7 Å². The zero-order valence-electron chi connectivity index (χ0n) is 18.4. The molecule has 5 heterocycles. The lowest BCUT2D eigenvalue weighted by molar-refractivity contribution is 0.122. The number of halogens is 1. The van der Waals surface area contributed by atoms with E-state index in [2.05, 4.69) is 30.4 Å². The maximum absolute atomic E-state index is 15.1. The molecule has 1 fully saturated rings. The van der Waals surface area contributed by atoms with Crippen molar-refractivity contribution in [1.82, 2.24) is 30.5 Å². The first-order valence-corrected chi connectivity index (χ1v) is 11.2. The molecule has 168 valence electrons. The van der Waals surface area contributed by atoms with Crippen LogP contribution in [0.3, 0.4) is 0 Å². The number of anilines is 1. The molecule has 8 nitrogen and oxygen atoms in total. The van der Waals surface area contributed by atoms with E-state index >= 15 is 4.39 Å². The van der Waals surface area contributed by atoms with Crippen LogP contribution in [0.4, 0.5) is 10.2 Å².